The Morgan fingerprint density at radius 1 is 1.00 bits per heavy atom. The van der Waals surface area contributed by atoms with Gasteiger partial charge in [-0.2, -0.15) is 4.31 Å². The zero-order valence-electron chi connectivity index (χ0n) is 14.2. The Kier molecular flexibility index (Phi) is 5.31. The van der Waals surface area contributed by atoms with Crippen LogP contribution in [0.1, 0.15) is 64.7 Å². The zero-order chi connectivity index (χ0) is 16.4. The highest BCUT2D eigenvalue weighted by atomic mass is 32.2. The summed E-state index contributed by atoms with van der Waals surface area (Å²) < 4.78 is 26.4. The van der Waals surface area contributed by atoms with E-state index in [2.05, 4.69) is 4.90 Å². The first kappa shape index (κ1) is 17.2. The van der Waals surface area contributed by atoms with Crippen molar-refractivity contribution >= 4 is 15.9 Å². The van der Waals surface area contributed by atoms with Crippen LogP contribution in [0.2, 0.25) is 0 Å². The van der Waals surface area contributed by atoms with Crippen LogP contribution in [0.25, 0.3) is 0 Å². The molecule has 5 nitrogen and oxygen atoms in total. The standard InChI is InChI=1S/C17H30N2O3S/c1-2-13-23(21,22)19-12-6-10-16(19)17(20)18-11-5-8-14-7-3-4-9-15(14)18/h14-16H,2-13H2,1H3. The van der Waals surface area contributed by atoms with Gasteiger partial charge in [0, 0.05) is 19.1 Å². The van der Waals surface area contributed by atoms with Crippen LogP contribution in [0.15, 0.2) is 0 Å². The van der Waals surface area contributed by atoms with E-state index in [4.69, 9.17) is 0 Å². The Bertz CT molecular complexity index is 532. The molecule has 0 N–H and O–H groups in total. The number of carbonyl (C=O) groups excluding carboxylic acids is 1. The van der Waals surface area contributed by atoms with Gasteiger partial charge in [-0.15, -0.1) is 0 Å². The number of carbonyl (C=O) groups is 1. The number of piperidine rings is 1. The van der Waals surface area contributed by atoms with Crippen LogP contribution >= 0.6 is 0 Å². The number of amides is 1. The smallest absolute Gasteiger partial charge is 0.241 e. The minimum atomic E-state index is -3.29. The average Bonchev–Trinajstić information content (AvgIpc) is 3.04. The summed E-state index contributed by atoms with van der Waals surface area (Å²) in [5.41, 5.74) is 0. The van der Waals surface area contributed by atoms with Gasteiger partial charge in [0.25, 0.3) is 0 Å². The topological polar surface area (TPSA) is 57.7 Å². The quantitative estimate of drug-likeness (QED) is 0.788. The maximum atomic E-state index is 13.1. The van der Waals surface area contributed by atoms with Gasteiger partial charge in [0.15, 0.2) is 0 Å². The molecular weight excluding hydrogens is 312 g/mol. The molecular formula is C17H30N2O3S. The Hall–Kier alpha value is -0.620. The summed E-state index contributed by atoms with van der Waals surface area (Å²) in [6.45, 7) is 3.21. The number of hydrogen-bond acceptors (Lipinski definition) is 3. The maximum Gasteiger partial charge on any atom is 0.241 e. The minimum absolute atomic E-state index is 0.0822. The van der Waals surface area contributed by atoms with E-state index >= 15 is 0 Å². The molecule has 1 amide bonds. The van der Waals surface area contributed by atoms with E-state index in [1.54, 1.807) is 0 Å². The van der Waals surface area contributed by atoms with E-state index in [-0.39, 0.29) is 11.7 Å². The molecule has 0 aromatic heterocycles. The molecule has 0 radical (unpaired) electrons. The third-order valence-electron chi connectivity index (χ3n) is 5.83. The lowest BCUT2D eigenvalue weighted by atomic mass is 9.78. The van der Waals surface area contributed by atoms with E-state index in [0.717, 1.165) is 25.8 Å². The molecule has 132 valence electrons. The fraction of sp³-hybridized carbons (Fsp3) is 0.941. The van der Waals surface area contributed by atoms with Crippen molar-refractivity contribution < 1.29 is 13.2 Å². The molecule has 3 unspecified atom stereocenters. The third kappa shape index (κ3) is 3.43. The molecule has 3 aliphatic rings. The summed E-state index contributed by atoms with van der Waals surface area (Å²) in [5.74, 6) is 0.880. The first-order valence-corrected chi connectivity index (χ1v) is 11.0. The first-order valence-electron chi connectivity index (χ1n) is 9.34. The number of sulfonamides is 1. The van der Waals surface area contributed by atoms with E-state index in [1.165, 1.54) is 30.0 Å². The van der Waals surface area contributed by atoms with Crippen molar-refractivity contribution in [3.63, 3.8) is 0 Å². The average molecular weight is 343 g/mol. The number of hydrogen-bond donors (Lipinski definition) is 0. The molecule has 2 saturated heterocycles. The SMILES string of the molecule is CCCS(=O)(=O)N1CCCC1C(=O)N1CCCC2CCCCC21. The second kappa shape index (κ2) is 7.09. The summed E-state index contributed by atoms with van der Waals surface area (Å²) in [4.78, 5) is 15.2. The fourth-order valence-electron chi connectivity index (χ4n) is 4.78. The largest absolute Gasteiger partial charge is 0.338 e. The third-order valence-corrected chi connectivity index (χ3v) is 7.91. The summed E-state index contributed by atoms with van der Waals surface area (Å²) in [6, 6.07) is -0.0754. The minimum Gasteiger partial charge on any atom is -0.338 e. The monoisotopic (exact) mass is 342 g/mol. The molecule has 0 bridgehead atoms. The maximum absolute atomic E-state index is 13.1. The van der Waals surface area contributed by atoms with Crippen LogP contribution in [0, 0.1) is 5.92 Å². The van der Waals surface area contributed by atoms with Gasteiger partial charge in [0.05, 0.1) is 5.75 Å². The van der Waals surface area contributed by atoms with Gasteiger partial charge < -0.3 is 4.90 Å². The van der Waals surface area contributed by atoms with Crippen molar-refractivity contribution in [2.45, 2.75) is 76.8 Å². The van der Waals surface area contributed by atoms with Gasteiger partial charge in [-0.05, 0) is 50.9 Å². The van der Waals surface area contributed by atoms with Crippen LogP contribution in [0.3, 0.4) is 0 Å². The summed E-state index contributed by atoms with van der Waals surface area (Å²) in [5, 5.41) is 0. The molecule has 3 atom stereocenters. The number of fused-ring (bicyclic) bond motifs is 1. The lowest BCUT2D eigenvalue weighted by molar-refractivity contribution is -0.141. The van der Waals surface area contributed by atoms with Crippen molar-refractivity contribution in [2.75, 3.05) is 18.8 Å². The summed E-state index contributed by atoms with van der Waals surface area (Å²) in [7, 11) is -3.29. The number of likely N-dealkylation sites (tertiary alicyclic amines) is 1. The second-order valence-corrected chi connectivity index (χ2v) is 9.41. The van der Waals surface area contributed by atoms with Gasteiger partial charge in [-0.1, -0.05) is 19.8 Å². The number of nitrogens with zero attached hydrogens (tertiary/aromatic N) is 2. The highest BCUT2D eigenvalue weighted by Crippen LogP contribution is 2.36. The molecule has 6 heteroatoms. The van der Waals surface area contributed by atoms with Crippen molar-refractivity contribution in [1.29, 1.82) is 0 Å². The van der Waals surface area contributed by atoms with Crippen LogP contribution in [-0.2, 0) is 14.8 Å². The van der Waals surface area contributed by atoms with E-state index in [1.807, 2.05) is 6.92 Å². The second-order valence-electron chi connectivity index (χ2n) is 7.37. The molecule has 3 rings (SSSR count). The van der Waals surface area contributed by atoms with E-state index < -0.39 is 16.1 Å². The molecule has 0 spiro atoms. The van der Waals surface area contributed by atoms with Gasteiger partial charge in [0.2, 0.25) is 15.9 Å². The Morgan fingerprint density at radius 2 is 1.70 bits per heavy atom. The Balaban J connectivity index is 1.76. The van der Waals surface area contributed by atoms with Gasteiger partial charge in [0.1, 0.15) is 6.04 Å². The van der Waals surface area contributed by atoms with Crippen LogP contribution in [0.4, 0.5) is 0 Å². The lowest BCUT2D eigenvalue weighted by Gasteiger charge is -2.45. The number of rotatable bonds is 4. The lowest BCUT2D eigenvalue weighted by Crippen LogP contribution is -2.55. The highest BCUT2D eigenvalue weighted by Gasteiger charge is 2.43. The predicted octanol–water partition coefficient (Wildman–Crippen LogP) is 2.37. The van der Waals surface area contributed by atoms with Gasteiger partial charge in [-0.3, -0.25) is 4.79 Å². The highest BCUT2D eigenvalue weighted by molar-refractivity contribution is 7.89. The Morgan fingerprint density at radius 3 is 2.48 bits per heavy atom. The van der Waals surface area contributed by atoms with Crippen molar-refractivity contribution in [2.24, 2.45) is 5.92 Å². The van der Waals surface area contributed by atoms with E-state index in [0.29, 0.717) is 31.3 Å². The van der Waals surface area contributed by atoms with Crippen molar-refractivity contribution in [1.82, 2.24) is 9.21 Å². The van der Waals surface area contributed by atoms with Gasteiger partial charge in [-0.25, -0.2) is 8.42 Å². The van der Waals surface area contributed by atoms with Gasteiger partial charge >= 0.3 is 0 Å². The molecule has 3 fully saturated rings. The van der Waals surface area contributed by atoms with Crippen LogP contribution in [0.5, 0.6) is 0 Å². The van der Waals surface area contributed by atoms with Crippen LogP contribution < -0.4 is 0 Å². The van der Waals surface area contributed by atoms with E-state index in [9.17, 15) is 13.2 Å². The van der Waals surface area contributed by atoms with Crippen molar-refractivity contribution in [3.8, 4) is 0 Å². The predicted molar refractivity (Wildman–Crippen MR) is 90.5 cm³/mol. The molecule has 0 aromatic carbocycles. The van der Waals surface area contributed by atoms with Crippen LogP contribution in [-0.4, -0.2) is 54.5 Å². The molecule has 1 saturated carbocycles. The molecule has 23 heavy (non-hydrogen) atoms. The molecule has 1 aliphatic carbocycles. The summed E-state index contributed by atoms with van der Waals surface area (Å²) >= 11 is 0. The molecule has 2 aliphatic heterocycles. The Labute approximate surface area is 140 Å². The molecule has 0 aromatic rings. The summed E-state index contributed by atoms with van der Waals surface area (Å²) in [6.07, 6.45) is 9.22. The normalized spacial score (nSPS) is 32.7. The molecule has 2 heterocycles. The first-order chi connectivity index (χ1) is 11.0. The van der Waals surface area contributed by atoms with Crippen molar-refractivity contribution in [3.05, 3.63) is 0 Å². The fourth-order valence-corrected chi connectivity index (χ4v) is 6.53. The zero-order valence-corrected chi connectivity index (χ0v) is 15.1.